The minimum Gasteiger partial charge on any atom is -0.482 e. The van der Waals surface area contributed by atoms with E-state index in [9.17, 15) is 9.59 Å². The van der Waals surface area contributed by atoms with Gasteiger partial charge >= 0.3 is 0 Å². The first kappa shape index (κ1) is 11.2. The van der Waals surface area contributed by atoms with E-state index in [1.54, 1.807) is 6.92 Å². The molecule has 0 bridgehead atoms. The third kappa shape index (κ3) is 1.84. The van der Waals surface area contributed by atoms with E-state index in [0.29, 0.717) is 5.57 Å². The SMILES string of the molecule is COC1=C(C#N)C(C)C(C(C)=O)C(=O)N1. The van der Waals surface area contributed by atoms with E-state index in [0.717, 1.165) is 0 Å². The molecule has 1 heterocycles. The molecule has 1 aliphatic heterocycles. The summed E-state index contributed by atoms with van der Waals surface area (Å²) >= 11 is 0. The van der Waals surface area contributed by atoms with Crippen molar-refractivity contribution < 1.29 is 14.3 Å². The van der Waals surface area contributed by atoms with Crippen LogP contribution in [0.15, 0.2) is 11.5 Å². The third-order valence-electron chi connectivity index (χ3n) is 2.48. The molecule has 0 radical (unpaired) electrons. The van der Waals surface area contributed by atoms with Crippen LogP contribution in [0.2, 0.25) is 0 Å². The van der Waals surface area contributed by atoms with Gasteiger partial charge in [-0.15, -0.1) is 0 Å². The Balaban J connectivity index is 3.17. The van der Waals surface area contributed by atoms with Crippen molar-refractivity contribution in [2.24, 2.45) is 11.8 Å². The van der Waals surface area contributed by atoms with Crippen molar-refractivity contribution in [2.75, 3.05) is 7.11 Å². The van der Waals surface area contributed by atoms with E-state index >= 15 is 0 Å². The fourth-order valence-electron chi connectivity index (χ4n) is 1.71. The molecule has 0 aromatic heterocycles. The molecule has 0 aromatic carbocycles. The fraction of sp³-hybridized carbons (Fsp3) is 0.500. The summed E-state index contributed by atoms with van der Waals surface area (Å²) < 4.78 is 4.88. The number of nitrogens with zero attached hydrogens (tertiary/aromatic N) is 1. The minimum absolute atomic E-state index is 0.146. The highest BCUT2D eigenvalue weighted by molar-refractivity contribution is 6.02. The molecule has 0 fully saturated rings. The number of ether oxygens (including phenoxy) is 1. The number of amides is 1. The van der Waals surface area contributed by atoms with Gasteiger partial charge < -0.3 is 4.74 Å². The molecule has 0 saturated carbocycles. The Morgan fingerprint density at radius 1 is 1.60 bits per heavy atom. The van der Waals surface area contributed by atoms with Gasteiger partial charge in [-0.3, -0.25) is 14.9 Å². The van der Waals surface area contributed by atoms with Crippen molar-refractivity contribution in [1.82, 2.24) is 5.32 Å². The highest BCUT2D eigenvalue weighted by Gasteiger charge is 2.38. The quantitative estimate of drug-likeness (QED) is 0.663. The second-order valence-corrected chi connectivity index (χ2v) is 3.42. The largest absolute Gasteiger partial charge is 0.482 e. The molecule has 1 aliphatic rings. The number of ketones is 1. The van der Waals surface area contributed by atoms with Crippen LogP contribution in [-0.2, 0) is 14.3 Å². The molecule has 1 rings (SSSR count). The molecule has 0 aromatic rings. The zero-order valence-electron chi connectivity index (χ0n) is 8.83. The minimum atomic E-state index is -0.793. The zero-order valence-corrected chi connectivity index (χ0v) is 8.83. The number of allylic oxidation sites excluding steroid dienone is 1. The zero-order chi connectivity index (χ0) is 11.6. The van der Waals surface area contributed by atoms with Crippen molar-refractivity contribution >= 4 is 11.7 Å². The second-order valence-electron chi connectivity index (χ2n) is 3.42. The first-order valence-electron chi connectivity index (χ1n) is 4.52. The maximum absolute atomic E-state index is 11.5. The summed E-state index contributed by atoms with van der Waals surface area (Å²) in [6, 6.07) is 1.95. The summed E-state index contributed by atoms with van der Waals surface area (Å²) in [5, 5.41) is 11.3. The van der Waals surface area contributed by atoms with E-state index in [1.165, 1.54) is 14.0 Å². The van der Waals surface area contributed by atoms with E-state index in [2.05, 4.69) is 5.32 Å². The van der Waals surface area contributed by atoms with Crippen LogP contribution in [0.4, 0.5) is 0 Å². The first-order valence-corrected chi connectivity index (χ1v) is 4.52. The number of nitrogens with one attached hydrogen (secondary N) is 1. The predicted octanol–water partition coefficient (Wildman–Crippen LogP) is 0.339. The lowest BCUT2D eigenvalue weighted by Gasteiger charge is -2.27. The van der Waals surface area contributed by atoms with Crippen molar-refractivity contribution in [1.29, 1.82) is 5.26 Å². The van der Waals surface area contributed by atoms with Gasteiger partial charge in [0.15, 0.2) is 0 Å². The topological polar surface area (TPSA) is 79.2 Å². The molecule has 2 atom stereocenters. The number of carbonyl (C=O) groups is 2. The molecular weight excluding hydrogens is 196 g/mol. The van der Waals surface area contributed by atoms with Crippen molar-refractivity contribution in [3.8, 4) is 6.07 Å². The van der Waals surface area contributed by atoms with Crippen LogP contribution in [-0.4, -0.2) is 18.8 Å². The Labute approximate surface area is 87.7 Å². The standard InChI is InChI=1S/C10H12N2O3/c1-5-7(4-11)10(15-3)12-9(14)8(5)6(2)13/h5,8H,1-3H3,(H,12,14). The van der Waals surface area contributed by atoms with Crippen LogP contribution in [0.1, 0.15) is 13.8 Å². The molecule has 0 spiro atoms. The molecule has 0 aliphatic carbocycles. The number of methoxy groups -OCH3 is 1. The number of carbonyl (C=O) groups excluding carboxylic acids is 2. The smallest absolute Gasteiger partial charge is 0.237 e. The fourth-order valence-corrected chi connectivity index (χ4v) is 1.71. The Morgan fingerprint density at radius 2 is 2.20 bits per heavy atom. The van der Waals surface area contributed by atoms with Crippen LogP contribution in [0.3, 0.4) is 0 Å². The summed E-state index contributed by atoms with van der Waals surface area (Å²) in [7, 11) is 1.37. The van der Waals surface area contributed by atoms with E-state index < -0.39 is 17.7 Å². The van der Waals surface area contributed by atoms with Gasteiger partial charge in [0.2, 0.25) is 11.8 Å². The number of rotatable bonds is 2. The maximum Gasteiger partial charge on any atom is 0.237 e. The lowest BCUT2D eigenvalue weighted by Crippen LogP contribution is -2.43. The van der Waals surface area contributed by atoms with Crippen LogP contribution in [0, 0.1) is 23.2 Å². The van der Waals surface area contributed by atoms with Crippen LogP contribution < -0.4 is 5.32 Å². The maximum atomic E-state index is 11.5. The van der Waals surface area contributed by atoms with Gasteiger partial charge in [0.05, 0.1) is 12.7 Å². The van der Waals surface area contributed by atoms with Gasteiger partial charge in [0.1, 0.15) is 17.8 Å². The Hall–Kier alpha value is -1.83. The van der Waals surface area contributed by atoms with Gasteiger partial charge in [0, 0.05) is 5.92 Å². The molecule has 5 heteroatoms. The van der Waals surface area contributed by atoms with E-state index in [1.807, 2.05) is 6.07 Å². The monoisotopic (exact) mass is 208 g/mol. The second kappa shape index (κ2) is 4.13. The van der Waals surface area contributed by atoms with Gasteiger partial charge in [-0.05, 0) is 6.92 Å². The van der Waals surface area contributed by atoms with Gasteiger partial charge in [-0.1, -0.05) is 6.92 Å². The molecule has 5 nitrogen and oxygen atoms in total. The number of Topliss-reactive ketones (excluding diaryl/α,β-unsaturated/α-hetero) is 1. The Kier molecular flexibility index (Phi) is 3.10. The summed E-state index contributed by atoms with van der Waals surface area (Å²) in [5.41, 5.74) is 0.303. The van der Waals surface area contributed by atoms with Gasteiger partial charge in [-0.25, -0.2) is 0 Å². The number of hydrogen-bond donors (Lipinski definition) is 1. The molecular formula is C10H12N2O3. The first-order chi connectivity index (χ1) is 7.02. The van der Waals surface area contributed by atoms with Gasteiger partial charge in [0.25, 0.3) is 0 Å². The van der Waals surface area contributed by atoms with E-state index in [-0.39, 0.29) is 11.7 Å². The molecule has 2 unspecified atom stereocenters. The molecule has 1 amide bonds. The van der Waals surface area contributed by atoms with Gasteiger partial charge in [-0.2, -0.15) is 5.26 Å². The number of hydrogen-bond acceptors (Lipinski definition) is 4. The van der Waals surface area contributed by atoms with Crippen LogP contribution in [0.5, 0.6) is 0 Å². The average Bonchev–Trinajstić information content (AvgIpc) is 2.16. The predicted molar refractivity (Wildman–Crippen MR) is 51.1 cm³/mol. The lowest BCUT2D eigenvalue weighted by atomic mass is 9.82. The highest BCUT2D eigenvalue weighted by Crippen LogP contribution is 2.27. The van der Waals surface area contributed by atoms with Crippen molar-refractivity contribution in [2.45, 2.75) is 13.8 Å². The summed E-state index contributed by atoms with van der Waals surface area (Å²) in [4.78, 5) is 22.8. The molecule has 15 heavy (non-hydrogen) atoms. The number of nitriles is 1. The van der Waals surface area contributed by atoms with Crippen molar-refractivity contribution in [3.63, 3.8) is 0 Å². The van der Waals surface area contributed by atoms with Crippen LogP contribution in [0.25, 0.3) is 0 Å². The van der Waals surface area contributed by atoms with Crippen LogP contribution >= 0.6 is 0 Å². The average molecular weight is 208 g/mol. The summed E-state index contributed by atoms with van der Waals surface area (Å²) in [5.74, 6) is -1.74. The Bertz CT molecular complexity index is 379. The third-order valence-corrected chi connectivity index (χ3v) is 2.48. The van der Waals surface area contributed by atoms with E-state index in [4.69, 9.17) is 10.00 Å². The highest BCUT2D eigenvalue weighted by atomic mass is 16.5. The molecule has 80 valence electrons. The summed E-state index contributed by atoms with van der Waals surface area (Å²) in [6.07, 6.45) is 0. The molecule has 0 saturated heterocycles. The van der Waals surface area contributed by atoms with Crippen molar-refractivity contribution in [3.05, 3.63) is 11.5 Å². The lowest BCUT2D eigenvalue weighted by molar-refractivity contribution is -0.135. The Morgan fingerprint density at radius 3 is 2.60 bits per heavy atom. The normalized spacial score (nSPS) is 25.6. The molecule has 1 N–H and O–H groups in total. The summed E-state index contributed by atoms with van der Waals surface area (Å²) in [6.45, 7) is 3.01.